The zero-order valence-electron chi connectivity index (χ0n) is 17.7. The van der Waals surface area contributed by atoms with Gasteiger partial charge in [-0.3, -0.25) is 9.69 Å². The lowest BCUT2D eigenvalue weighted by atomic mass is 9.77. The summed E-state index contributed by atoms with van der Waals surface area (Å²) in [5.74, 6) is 0.873. The van der Waals surface area contributed by atoms with E-state index in [9.17, 15) is 9.90 Å². The van der Waals surface area contributed by atoms with Gasteiger partial charge in [-0.15, -0.1) is 0 Å². The summed E-state index contributed by atoms with van der Waals surface area (Å²) in [6.45, 7) is 6.60. The van der Waals surface area contributed by atoms with Gasteiger partial charge in [0.15, 0.2) is 5.78 Å². The van der Waals surface area contributed by atoms with Crippen molar-refractivity contribution in [1.29, 1.82) is 0 Å². The lowest BCUT2D eigenvalue weighted by Gasteiger charge is -2.45. The molecule has 3 fully saturated rings. The number of Topliss-reactive ketones (excluding diaryl/α,β-unsaturated/α-hetero) is 1. The topological polar surface area (TPSA) is 53.0 Å². The molecule has 1 saturated carbocycles. The van der Waals surface area contributed by atoms with Crippen LogP contribution in [-0.2, 0) is 4.79 Å². The Kier molecular flexibility index (Phi) is 5.54. The van der Waals surface area contributed by atoms with Crippen molar-refractivity contribution >= 4 is 11.9 Å². The highest BCUT2D eigenvalue weighted by Crippen LogP contribution is 2.46. The highest BCUT2D eigenvalue weighted by molar-refractivity contribution is 5.84. The zero-order chi connectivity index (χ0) is 20.6. The maximum Gasteiger partial charge on any atom is 0.161 e. The van der Waals surface area contributed by atoms with Gasteiger partial charge in [0.25, 0.3) is 0 Å². The molecular weight excluding hydrogens is 364 g/mol. The van der Waals surface area contributed by atoms with E-state index >= 15 is 0 Å². The minimum Gasteiger partial charge on any atom is -0.490 e. The minimum atomic E-state index is -0.813. The minimum absolute atomic E-state index is 0.000793. The predicted molar refractivity (Wildman–Crippen MR) is 115 cm³/mol. The number of ketones is 1. The molecule has 1 aromatic carbocycles. The van der Waals surface area contributed by atoms with Crippen LogP contribution in [-0.4, -0.2) is 65.1 Å². The molecule has 2 aliphatic heterocycles. The number of carbonyl (C=O) groups is 1. The van der Waals surface area contributed by atoms with E-state index in [2.05, 4.69) is 55.0 Å². The molecule has 156 valence electrons. The molecule has 5 heteroatoms. The fraction of sp³-hybridized carbons (Fsp3) is 0.542. The summed E-state index contributed by atoms with van der Waals surface area (Å²) < 4.78 is 5.76. The first kappa shape index (κ1) is 20.2. The average Bonchev–Trinajstić information content (AvgIpc) is 3.00. The van der Waals surface area contributed by atoms with E-state index in [4.69, 9.17) is 4.74 Å². The SMILES string of the molecule is CC(C)=CCOc1ccc(/C=C2/CN(C)[C@H]3CN2C2(CCC(=O)[C@H](O)C2)C3)cc1. The van der Waals surface area contributed by atoms with Gasteiger partial charge in [0.05, 0.1) is 0 Å². The number of fused-ring (bicyclic) bond motifs is 3. The number of nitrogens with zero attached hydrogens (tertiary/aromatic N) is 2. The third kappa shape index (κ3) is 4.12. The van der Waals surface area contributed by atoms with Crippen molar-refractivity contribution < 1.29 is 14.6 Å². The van der Waals surface area contributed by atoms with Gasteiger partial charge in [-0.25, -0.2) is 0 Å². The Hall–Kier alpha value is -2.11. The Morgan fingerprint density at radius 3 is 2.72 bits per heavy atom. The van der Waals surface area contributed by atoms with Gasteiger partial charge in [-0.2, -0.15) is 0 Å². The molecule has 1 spiro atoms. The maximum absolute atomic E-state index is 11.9. The molecule has 1 N–H and O–H groups in total. The Labute approximate surface area is 173 Å². The molecule has 4 rings (SSSR count). The van der Waals surface area contributed by atoms with Crippen molar-refractivity contribution in [2.24, 2.45) is 0 Å². The van der Waals surface area contributed by atoms with Crippen LogP contribution in [0.4, 0.5) is 0 Å². The number of likely N-dealkylation sites (N-methyl/N-ethyl adjacent to an activating group) is 1. The van der Waals surface area contributed by atoms with Crippen LogP contribution in [0.15, 0.2) is 41.6 Å². The van der Waals surface area contributed by atoms with E-state index in [1.165, 1.54) is 11.3 Å². The summed E-state index contributed by atoms with van der Waals surface area (Å²) in [4.78, 5) is 16.8. The smallest absolute Gasteiger partial charge is 0.161 e. The van der Waals surface area contributed by atoms with Gasteiger partial charge in [-0.1, -0.05) is 17.7 Å². The number of aliphatic hydroxyl groups is 1. The quantitative estimate of drug-likeness (QED) is 0.792. The van der Waals surface area contributed by atoms with Gasteiger partial charge in [0.1, 0.15) is 18.5 Å². The second-order valence-electron chi connectivity index (χ2n) is 9.09. The second kappa shape index (κ2) is 7.96. The molecule has 2 bridgehead atoms. The molecule has 3 atom stereocenters. The fourth-order valence-corrected chi connectivity index (χ4v) is 5.01. The van der Waals surface area contributed by atoms with Gasteiger partial charge in [0.2, 0.25) is 0 Å². The van der Waals surface area contributed by atoms with E-state index < -0.39 is 6.10 Å². The Morgan fingerprint density at radius 2 is 2.03 bits per heavy atom. The van der Waals surface area contributed by atoms with Crippen molar-refractivity contribution in [2.45, 2.75) is 57.2 Å². The second-order valence-corrected chi connectivity index (χ2v) is 9.09. The number of piperazine rings is 1. The summed E-state index contributed by atoms with van der Waals surface area (Å²) in [6, 6.07) is 8.73. The van der Waals surface area contributed by atoms with Crippen molar-refractivity contribution in [2.75, 3.05) is 26.7 Å². The van der Waals surface area contributed by atoms with Crippen LogP contribution in [0.2, 0.25) is 0 Å². The van der Waals surface area contributed by atoms with Crippen LogP contribution in [0, 0.1) is 0 Å². The molecule has 3 aliphatic rings. The van der Waals surface area contributed by atoms with Crippen LogP contribution in [0.1, 0.15) is 45.1 Å². The number of allylic oxidation sites excluding steroid dienone is 1. The molecule has 5 nitrogen and oxygen atoms in total. The Balaban J connectivity index is 1.53. The van der Waals surface area contributed by atoms with Crippen LogP contribution >= 0.6 is 0 Å². The van der Waals surface area contributed by atoms with Crippen LogP contribution in [0.25, 0.3) is 6.08 Å². The van der Waals surface area contributed by atoms with Crippen LogP contribution in [0.5, 0.6) is 5.75 Å². The largest absolute Gasteiger partial charge is 0.490 e. The molecule has 1 unspecified atom stereocenters. The number of aliphatic hydroxyl groups excluding tert-OH is 1. The van der Waals surface area contributed by atoms with Crippen molar-refractivity contribution in [3.8, 4) is 5.75 Å². The van der Waals surface area contributed by atoms with E-state index in [0.29, 0.717) is 25.5 Å². The summed E-state index contributed by atoms with van der Waals surface area (Å²) in [5.41, 5.74) is 3.60. The van der Waals surface area contributed by atoms with E-state index in [0.717, 1.165) is 37.2 Å². The number of benzene rings is 1. The van der Waals surface area contributed by atoms with Crippen molar-refractivity contribution in [3.05, 3.63) is 47.2 Å². The normalized spacial score (nSPS) is 30.8. The monoisotopic (exact) mass is 396 g/mol. The molecule has 1 aromatic rings. The number of ether oxygens (including phenoxy) is 1. The third-order valence-electron chi connectivity index (χ3n) is 6.70. The lowest BCUT2D eigenvalue weighted by Crippen LogP contribution is -2.52. The average molecular weight is 397 g/mol. The molecule has 2 saturated heterocycles. The molecule has 0 radical (unpaired) electrons. The van der Waals surface area contributed by atoms with Gasteiger partial charge >= 0.3 is 0 Å². The molecule has 0 aromatic heterocycles. The van der Waals surface area contributed by atoms with Crippen LogP contribution in [0.3, 0.4) is 0 Å². The van der Waals surface area contributed by atoms with Gasteiger partial charge < -0.3 is 14.7 Å². The molecule has 29 heavy (non-hydrogen) atoms. The highest BCUT2D eigenvalue weighted by Gasteiger charge is 2.53. The summed E-state index contributed by atoms with van der Waals surface area (Å²) >= 11 is 0. The lowest BCUT2D eigenvalue weighted by molar-refractivity contribution is -0.133. The van der Waals surface area contributed by atoms with E-state index in [-0.39, 0.29) is 11.3 Å². The maximum atomic E-state index is 11.9. The summed E-state index contributed by atoms with van der Waals surface area (Å²) in [7, 11) is 2.18. The first-order valence-electron chi connectivity index (χ1n) is 10.6. The number of carbonyl (C=O) groups excluding carboxylic acids is 1. The first-order valence-corrected chi connectivity index (χ1v) is 10.6. The Bertz CT molecular complexity index is 825. The number of rotatable bonds is 4. The summed E-state index contributed by atoms with van der Waals surface area (Å²) in [5, 5.41) is 10.3. The van der Waals surface area contributed by atoms with E-state index in [1.54, 1.807) is 0 Å². The summed E-state index contributed by atoms with van der Waals surface area (Å²) in [6.07, 6.45) is 6.43. The number of hydrogen-bond donors (Lipinski definition) is 1. The van der Waals surface area contributed by atoms with E-state index in [1.807, 2.05) is 12.1 Å². The first-order chi connectivity index (χ1) is 13.9. The third-order valence-corrected chi connectivity index (χ3v) is 6.70. The molecular formula is C24H32N2O3. The predicted octanol–water partition coefficient (Wildman–Crippen LogP) is 3.24. The standard InChI is InChI=1S/C24H32N2O3/c1-17(2)9-11-29-21-6-4-18(5-7-21)12-19-15-25(3)20-13-24(26(19)16-20)10-8-22(27)23(28)14-24/h4-7,9,12,20,23,28H,8,10-11,13-16H2,1-3H3/b19-12-/t20-,23-,24?/m1/s1. The van der Waals surface area contributed by atoms with Crippen molar-refractivity contribution in [3.63, 3.8) is 0 Å². The van der Waals surface area contributed by atoms with Gasteiger partial charge in [-0.05, 0) is 63.6 Å². The Morgan fingerprint density at radius 1 is 1.28 bits per heavy atom. The van der Waals surface area contributed by atoms with Gasteiger partial charge in [0, 0.05) is 43.2 Å². The molecule has 1 aliphatic carbocycles. The highest BCUT2D eigenvalue weighted by atomic mass is 16.5. The zero-order valence-corrected chi connectivity index (χ0v) is 17.7. The van der Waals surface area contributed by atoms with Crippen molar-refractivity contribution in [1.82, 2.24) is 9.80 Å². The van der Waals surface area contributed by atoms with Crippen LogP contribution < -0.4 is 4.74 Å². The molecule has 2 heterocycles. The fourth-order valence-electron chi connectivity index (χ4n) is 5.01. The molecule has 0 amide bonds. The number of hydrogen-bond acceptors (Lipinski definition) is 5.